The predicted octanol–water partition coefficient (Wildman–Crippen LogP) is 5.21. The molecule has 0 saturated carbocycles. The molecule has 0 aliphatic carbocycles. The SMILES string of the molecule is CCCCC(CC)(Cc1ccc(Cl)cc1Cl)C(=O)O. The maximum atomic E-state index is 11.7. The number of hydrogen-bond donors (Lipinski definition) is 1. The second-order valence-electron chi connectivity index (χ2n) is 4.96. The summed E-state index contributed by atoms with van der Waals surface area (Å²) in [4.78, 5) is 11.7. The number of unbranched alkanes of at least 4 members (excludes halogenated alkanes) is 1. The minimum absolute atomic E-state index is 0.453. The predicted molar refractivity (Wildman–Crippen MR) is 80.1 cm³/mol. The topological polar surface area (TPSA) is 37.3 Å². The second-order valence-corrected chi connectivity index (χ2v) is 5.80. The van der Waals surface area contributed by atoms with Crippen molar-refractivity contribution in [2.45, 2.75) is 46.0 Å². The van der Waals surface area contributed by atoms with Crippen LogP contribution in [-0.4, -0.2) is 11.1 Å². The van der Waals surface area contributed by atoms with Gasteiger partial charge in [-0.15, -0.1) is 0 Å². The van der Waals surface area contributed by atoms with E-state index in [1.165, 1.54) is 0 Å². The summed E-state index contributed by atoms with van der Waals surface area (Å²) in [6.07, 6.45) is 3.62. The minimum Gasteiger partial charge on any atom is -0.481 e. The van der Waals surface area contributed by atoms with Crippen molar-refractivity contribution in [3.05, 3.63) is 33.8 Å². The molecular weight excluding hydrogens is 283 g/mol. The lowest BCUT2D eigenvalue weighted by molar-refractivity contribution is -0.149. The Morgan fingerprint density at radius 2 is 2.00 bits per heavy atom. The van der Waals surface area contributed by atoms with Crippen LogP contribution >= 0.6 is 23.2 Å². The van der Waals surface area contributed by atoms with Gasteiger partial charge in [0, 0.05) is 10.0 Å². The van der Waals surface area contributed by atoms with Crippen LogP contribution in [0.3, 0.4) is 0 Å². The van der Waals surface area contributed by atoms with Gasteiger partial charge < -0.3 is 5.11 Å². The molecule has 0 amide bonds. The van der Waals surface area contributed by atoms with E-state index >= 15 is 0 Å². The Hall–Kier alpha value is -0.730. The first-order valence-electron chi connectivity index (χ1n) is 6.62. The van der Waals surface area contributed by atoms with Gasteiger partial charge in [-0.05, 0) is 37.0 Å². The molecule has 1 rings (SSSR count). The summed E-state index contributed by atoms with van der Waals surface area (Å²) in [6, 6.07) is 5.25. The lowest BCUT2D eigenvalue weighted by Crippen LogP contribution is -2.33. The molecule has 4 heteroatoms. The molecule has 1 atom stereocenters. The molecule has 0 spiro atoms. The third-order valence-corrected chi connectivity index (χ3v) is 4.27. The van der Waals surface area contributed by atoms with Crippen molar-refractivity contribution in [2.75, 3.05) is 0 Å². The molecule has 2 nitrogen and oxygen atoms in total. The fraction of sp³-hybridized carbons (Fsp3) is 0.533. The van der Waals surface area contributed by atoms with Crippen molar-refractivity contribution in [1.29, 1.82) is 0 Å². The standard InChI is InChI=1S/C15H20Cl2O2/c1-3-5-8-15(4-2,14(18)19)10-11-6-7-12(16)9-13(11)17/h6-7,9H,3-5,8,10H2,1-2H3,(H,18,19). The van der Waals surface area contributed by atoms with E-state index in [0.717, 1.165) is 18.4 Å². The van der Waals surface area contributed by atoms with Gasteiger partial charge in [-0.3, -0.25) is 4.79 Å². The van der Waals surface area contributed by atoms with Crippen molar-refractivity contribution in [1.82, 2.24) is 0 Å². The molecule has 106 valence electrons. The van der Waals surface area contributed by atoms with Gasteiger partial charge in [-0.1, -0.05) is 56.0 Å². The highest BCUT2D eigenvalue weighted by Gasteiger charge is 2.36. The van der Waals surface area contributed by atoms with Crippen LogP contribution in [0.2, 0.25) is 10.0 Å². The van der Waals surface area contributed by atoms with Crippen molar-refractivity contribution >= 4 is 29.2 Å². The van der Waals surface area contributed by atoms with Crippen LogP contribution in [0.4, 0.5) is 0 Å². The van der Waals surface area contributed by atoms with Crippen LogP contribution in [0, 0.1) is 5.41 Å². The lowest BCUT2D eigenvalue weighted by Gasteiger charge is -2.28. The van der Waals surface area contributed by atoms with Gasteiger partial charge >= 0.3 is 5.97 Å². The molecule has 0 aliphatic rings. The number of hydrogen-bond acceptors (Lipinski definition) is 1. The van der Waals surface area contributed by atoms with Crippen molar-refractivity contribution in [3.63, 3.8) is 0 Å². The molecule has 19 heavy (non-hydrogen) atoms. The normalized spacial score (nSPS) is 14.1. The van der Waals surface area contributed by atoms with E-state index in [9.17, 15) is 9.90 Å². The molecule has 1 N–H and O–H groups in total. The van der Waals surface area contributed by atoms with Crippen LogP contribution in [0.25, 0.3) is 0 Å². The summed E-state index contributed by atoms with van der Waals surface area (Å²) in [7, 11) is 0. The Balaban J connectivity index is 3.02. The maximum Gasteiger partial charge on any atom is 0.309 e. The Kier molecular flexibility index (Phi) is 6.15. The van der Waals surface area contributed by atoms with Crippen LogP contribution in [-0.2, 0) is 11.2 Å². The van der Waals surface area contributed by atoms with Crippen LogP contribution in [0.5, 0.6) is 0 Å². The minimum atomic E-state index is -0.741. The Bertz CT molecular complexity index is 446. The molecule has 0 heterocycles. The fourth-order valence-corrected chi connectivity index (χ4v) is 2.74. The van der Waals surface area contributed by atoms with Gasteiger partial charge in [0.25, 0.3) is 0 Å². The van der Waals surface area contributed by atoms with E-state index in [1.54, 1.807) is 12.1 Å². The number of rotatable bonds is 7. The third kappa shape index (κ3) is 4.12. The summed E-state index contributed by atoms with van der Waals surface area (Å²) in [5.41, 5.74) is 0.124. The van der Waals surface area contributed by atoms with E-state index in [1.807, 2.05) is 13.0 Å². The summed E-state index contributed by atoms with van der Waals surface area (Å²) in [6.45, 7) is 3.99. The van der Waals surface area contributed by atoms with Gasteiger partial charge in [0.05, 0.1) is 5.41 Å². The number of aliphatic carboxylic acids is 1. The third-order valence-electron chi connectivity index (χ3n) is 3.68. The average molecular weight is 303 g/mol. The van der Waals surface area contributed by atoms with Crippen molar-refractivity contribution in [3.8, 4) is 0 Å². The zero-order valence-electron chi connectivity index (χ0n) is 11.4. The number of carboxylic acids is 1. The zero-order valence-corrected chi connectivity index (χ0v) is 12.9. The molecule has 1 aromatic rings. The molecule has 0 saturated heterocycles. The second kappa shape index (κ2) is 7.16. The number of halogens is 2. The fourth-order valence-electron chi connectivity index (χ4n) is 2.27. The van der Waals surface area contributed by atoms with Gasteiger partial charge in [0.15, 0.2) is 0 Å². The first kappa shape index (κ1) is 16.3. The smallest absolute Gasteiger partial charge is 0.309 e. The van der Waals surface area contributed by atoms with Crippen molar-refractivity contribution < 1.29 is 9.90 Å². The van der Waals surface area contributed by atoms with Gasteiger partial charge in [0.1, 0.15) is 0 Å². The molecule has 0 aromatic heterocycles. The van der Waals surface area contributed by atoms with Crippen molar-refractivity contribution in [2.24, 2.45) is 5.41 Å². The maximum absolute atomic E-state index is 11.7. The van der Waals surface area contributed by atoms with Gasteiger partial charge in [0.2, 0.25) is 0 Å². The average Bonchev–Trinajstić information content (AvgIpc) is 2.37. The molecule has 0 aliphatic heterocycles. The summed E-state index contributed by atoms with van der Waals surface area (Å²) < 4.78 is 0. The Morgan fingerprint density at radius 3 is 2.47 bits per heavy atom. The highest BCUT2D eigenvalue weighted by molar-refractivity contribution is 6.35. The first-order chi connectivity index (χ1) is 8.95. The number of carbonyl (C=O) groups is 1. The first-order valence-corrected chi connectivity index (χ1v) is 7.38. The lowest BCUT2D eigenvalue weighted by atomic mass is 9.75. The number of carboxylic acid groups (broad SMARTS) is 1. The highest BCUT2D eigenvalue weighted by Crippen LogP contribution is 2.36. The van der Waals surface area contributed by atoms with E-state index < -0.39 is 11.4 Å². The molecule has 0 fully saturated rings. The summed E-state index contributed by atoms with van der Waals surface area (Å²) in [5, 5.41) is 10.7. The van der Waals surface area contributed by atoms with E-state index in [2.05, 4.69) is 6.92 Å². The van der Waals surface area contributed by atoms with Gasteiger partial charge in [-0.25, -0.2) is 0 Å². The van der Waals surface area contributed by atoms with E-state index in [4.69, 9.17) is 23.2 Å². The van der Waals surface area contributed by atoms with E-state index in [-0.39, 0.29) is 0 Å². The summed E-state index contributed by atoms with van der Waals surface area (Å²) in [5.74, 6) is -0.741. The van der Waals surface area contributed by atoms with Crippen LogP contribution in [0.15, 0.2) is 18.2 Å². The zero-order chi connectivity index (χ0) is 14.5. The molecule has 1 aromatic carbocycles. The summed E-state index contributed by atoms with van der Waals surface area (Å²) >= 11 is 12.0. The monoisotopic (exact) mass is 302 g/mol. The van der Waals surface area contributed by atoms with Crippen LogP contribution < -0.4 is 0 Å². The largest absolute Gasteiger partial charge is 0.481 e. The highest BCUT2D eigenvalue weighted by atomic mass is 35.5. The quantitative estimate of drug-likeness (QED) is 0.751. The Labute approximate surface area is 124 Å². The Morgan fingerprint density at radius 1 is 1.32 bits per heavy atom. The molecule has 0 radical (unpaired) electrons. The molecule has 0 bridgehead atoms. The number of benzene rings is 1. The van der Waals surface area contributed by atoms with Gasteiger partial charge in [-0.2, -0.15) is 0 Å². The van der Waals surface area contributed by atoms with E-state index in [0.29, 0.717) is 29.3 Å². The molecular formula is C15H20Cl2O2. The van der Waals surface area contributed by atoms with Crippen LogP contribution in [0.1, 0.15) is 45.1 Å². The molecule has 1 unspecified atom stereocenters.